The standard InChI is InChI=1S/C14H18N2O3/c1-5-8-15(14(2,3)4)12-6-7-13(16(18)19)11(9-12)10-17/h5-7,9-10H,1,8H2,2-4H3. The molecule has 0 fully saturated rings. The second kappa shape index (κ2) is 5.65. The minimum Gasteiger partial charge on any atom is -0.363 e. The summed E-state index contributed by atoms with van der Waals surface area (Å²) in [4.78, 5) is 23.2. The molecule has 0 bridgehead atoms. The lowest BCUT2D eigenvalue weighted by molar-refractivity contribution is -0.385. The van der Waals surface area contributed by atoms with E-state index in [0.717, 1.165) is 5.69 Å². The van der Waals surface area contributed by atoms with Gasteiger partial charge in [0.25, 0.3) is 5.69 Å². The highest BCUT2D eigenvalue weighted by Gasteiger charge is 2.23. The molecule has 0 unspecified atom stereocenters. The number of hydrogen-bond donors (Lipinski definition) is 0. The maximum atomic E-state index is 11.0. The van der Waals surface area contributed by atoms with E-state index in [4.69, 9.17) is 0 Å². The van der Waals surface area contributed by atoms with Crippen molar-refractivity contribution in [3.8, 4) is 0 Å². The zero-order valence-corrected chi connectivity index (χ0v) is 11.4. The first-order valence-electron chi connectivity index (χ1n) is 5.93. The van der Waals surface area contributed by atoms with E-state index < -0.39 is 4.92 Å². The van der Waals surface area contributed by atoms with E-state index >= 15 is 0 Å². The average molecular weight is 262 g/mol. The molecule has 102 valence electrons. The molecule has 5 heteroatoms. The average Bonchev–Trinajstić information content (AvgIpc) is 2.33. The first-order valence-corrected chi connectivity index (χ1v) is 5.93. The lowest BCUT2D eigenvalue weighted by Crippen LogP contribution is -2.41. The summed E-state index contributed by atoms with van der Waals surface area (Å²) in [5, 5.41) is 10.8. The second-order valence-electron chi connectivity index (χ2n) is 5.19. The molecule has 0 heterocycles. The Balaban J connectivity index is 3.30. The Kier molecular flexibility index (Phi) is 4.43. The third kappa shape index (κ3) is 3.40. The van der Waals surface area contributed by atoms with Crippen LogP contribution in [0, 0.1) is 10.1 Å². The van der Waals surface area contributed by atoms with Crippen molar-refractivity contribution in [2.45, 2.75) is 26.3 Å². The SMILES string of the molecule is C=CCN(c1ccc([N+](=O)[O-])c(C=O)c1)C(C)(C)C. The lowest BCUT2D eigenvalue weighted by atomic mass is 10.0. The van der Waals surface area contributed by atoms with E-state index in [-0.39, 0.29) is 16.8 Å². The van der Waals surface area contributed by atoms with E-state index in [2.05, 4.69) is 6.58 Å². The van der Waals surface area contributed by atoms with E-state index in [9.17, 15) is 14.9 Å². The highest BCUT2D eigenvalue weighted by Crippen LogP contribution is 2.28. The fraction of sp³-hybridized carbons (Fsp3) is 0.357. The number of benzene rings is 1. The number of nitro benzene ring substituents is 1. The van der Waals surface area contributed by atoms with Crippen molar-refractivity contribution >= 4 is 17.7 Å². The van der Waals surface area contributed by atoms with Gasteiger partial charge in [0.1, 0.15) is 0 Å². The first kappa shape index (κ1) is 14.9. The summed E-state index contributed by atoms with van der Waals surface area (Å²) in [5.74, 6) is 0. The van der Waals surface area contributed by atoms with Crippen LogP contribution in [0.2, 0.25) is 0 Å². The summed E-state index contributed by atoms with van der Waals surface area (Å²) in [6.45, 7) is 10.4. The van der Waals surface area contributed by atoms with Crippen molar-refractivity contribution < 1.29 is 9.72 Å². The number of nitrogens with zero attached hydrogens (tertiary/aromatic N) is 2. The number of nitro groups is 1. The Hall–Kier alpha value is -2.17. The molecule has 0 N–H and O–H groups in total. The minimum atomic E-state index is -0.553. The van der Waals surface area contributed by atoms with Gasteiger partial charge in [0.2, 0.25) is 0 Å². The van der Waals surface area contributed by atoms with Crippen LogP contribution < -0.4 is 4.90 Å². The minimum absolute atomic E-state index is 0.0841. The molecule has 5 nitrogen and oxygen atoms in total. The molecule has 0 amide bonds. The number of anilines is 1. The van der Waals surface area contributed by atoms with Crippen molar-refractivity contribution in [3.05, 3.63) is 46.5 Å². The molecular formula is C14H18N2O3. The van der Waals surface area contributed by atoms with Gasteiger partial charge in [0.15, 0.2) is 6.29 Å². The zero-order chi connectivity index (χ0) is 14.6. The number of carbonyl (C=O) groups excluding carboxylic acids is 1. The Labute approximate surface area is 112 Å². The molecule has 0 saturated carbocycles. The van der Waals surface area contributed by atoms with Crippen LogP contribution in [-0.2, 0) is 0 Å². The summed E-state index contributed by atoms with van der Waals surface area (Å²) >= 11 is 0. The maximum absolute atomic E-state index is 11.0. The topological polar surface area (TPSA) is 63.4 Å². The van der Waals surface area contributed by atoms with Crippen molar-refractivity contribution in [1.29, 1.82) is 0 Å². The molecule has 0 aliphatic rings. The largest absolute Gasteiger partial charge is 0.363 e. The molecule has 0 saturated heterocycles. The van der Waals surface area contributed by atoms with Gasteiger partial charge in [-0.2, -0.15) is 0 Å². The molecule has 0 aromatic heterocycles. The van der Waals surface area contributed by atoms with Gasteiger partial charge in [-0.3, -0.25) is 14.9 Å². The number of carbonyl (C=O) groups is 1. The summed E-state index contributed by atoms with van der Waals surface area (Å²) in [6.07, 6.45) is 2.27. The van der Waals surface area contributed by atoms with Crippen LogP contribution >= 0.6 is 0 Å². The maximum Gasteiger partial charge on any atom is 0.280 e. The van der Waals surface area contributed by atoms with Gasteiger partial charge in [-0.15, -0.1) is 6.58 Å². The Morgan fingerprint density at radius 2 is 2.05 bits per heavy atom. The van der Waals surface area contributed by atoms with Crippen LogP contribution in [0.4, 0.5) is 11.4 Å². The van der Waals surface area contributed by atoms with Crippen molar-refractivity contribution in [2.24, 2.45) is 0 Å². The Morgan fingerprint density at radius 3 is 2.47 bits per heavy atom. The van der Waals surface area contributed by atoms with E-state index in [1.807, 2.05) is 25.7 Å². The smallest absolute Gasteiger partial charge is 0.280 e. The van der Waals surface area contributed by atoms with Crippen LogP contribution in [0.25, 0.3) is 0 Å². The molecule has 1 aromatic rings. The highest BCUT2D eigenvalue weighted by atomic mass is 16.6. The van der Waals surface area contributed by atoms with Gasteiger partial charge in [0.05, 0.1) is 10.5 Å². The van der Waals surface area contributed by atoms with Crippen LogP contribution in [0.1, 0.15) is 31.1 Å². The summed E-state index contributed by atoms with van der Waals surface area (Å²) in [5.41, 5.74) is 0.497. The molecule has 0 spiro atoms. The van der Waals surface area contributed by atoms with Crippen molar-refractivity contribution in [1.82, 2.24) is 0 Å². The van der Waals surface area contributed by atoms with Gasteiger partial charge in [-0.05, 0) is 32.9 Å². The molecule has 0 radical (unpaired) electrons. The fourth-order valence-electron chi connectivity index (χ4n) is 1.87. The monoisotopic (exact) mass is 262 g/mol. The van der Waals surface area contributed by atoms with Gasteiger partial charge in [0, 0.05) is 23.8 Å². The van der Waals surface area contributed by atoms with Gasteiger partial charge in [-0.25, -0.2) is 0 Å². The fourth-order valence-corrected chi connectivity index (χ4v) is 1.87. The third-order valence-electron chi connectivity index (χ3n) is 2.77. The van der Waals surface area contributed by atoms with E-state index in [1.165, 1.54) is 6.07 Å². The van der Waals surface area contributed by atoms with Crippen LogP contribution in [0.5, 0.6) is 0 Å². The zero-order valence-electron chi connectivity index (χ0n) is 11.4. The number of hydrogen-bond acceptors (Lipinski definition) is 4. The van der Waals surface area contributed by atoms with E-state index in [1.54, 1.807) is 18.2 Å². The van der Waals surface area contributed by atoms with Crippen molar-refractivity contribution in [3.63, 3.8) is 0 Å². The predicted octanol–water partition coefficient (Wildman–Crippen LogP) is 3.20. The van der Waals surface area contributed by atoms with Gasteiger partial charge in [-0.1, -0.05) is 6.08 Å². The molecule has 19 heavy (non-hydrogen) atoms. The van der Waals surface area contributed by atoms with Crippen LogP contribution in [-0.4, -0.2) is 23.3 Å². The van der Waals surface area contributed by atoms with Crippen LogP contribution in [0.15, 0.2) is 30.9 Å². The Morgan fingerprint density at radius 1 is 1.42 bits per heavy atom. The number of aldehydes is 1. The summed E-state index contributed by atoms with van der Waals surface area (Å²) < 4.78 is 0. The highest BCUT2D eigenvalue weighted by molar-refractivity contribution is 5.83. The second-order valence-corrected chi connectivity index (χ2v) is 5.19. The third-order valence-corrected chi connectivity index (χ3v) is 2.77. The van der Waals surface area contributed by atoms with Gasteiger partial charge < -0.3 is 4.90 Å². The summed E-state index contributed by atoms with van der Waals surface area (Å²) in [7, 11) is 0. The van der Waals surface area contributed by atoms with E-state index in [0.29, 0.717) is 12.8 Å². The normalized spacial score (nSPS) is 10.9. The molecule has 0 aliphatic heterocycles. The lowest BCUT2D eigenvalue weighted by Gasteiger charge is -2.37. The quantitative estimate of drug-likeness (QED) is 0.354. The Bertz CT molecular complexity index is 504. The summed E-state index contributed by atoms with van der Waals surface area (Å²) in [6, 6.07) is 4.56. The first-order chi connectivity index (χ1) is 8.81. The molecule has 0 atom stereocenters. The number of rotatable bonds is 5. The predicted molar refractivity (Wildman–Crippen MR) is 75.8 cm³/mol. The van der Waals surface area contributed by atoms with Gasteiger partial charge >= 0.3 is 0 Å². The molecule has 0 aliphatic carbocycles. The molecule has 1 rings (SSSR count). The van der Waals surface area contributed by atoms with Crippen molar-refractivity contribution in [2.75, 3.05) is 11.4 Å². The van der Waals surface area contributed by atoms with Crippen LogP contribution in [0.3, 0.4) is 0 Å². The molecule has 1 aromatic carbocycles. The molecular weight excluding hydrogens is 244 g/mol.